The van der Waals surface area contributed by atoms with E-state index in [2.05, 4.69) is 51.4 Å². The van der Waals surface area contributed by atoms with Crippen molar-refractivity contribution in [1.82, 2.24) is 4.57 Å². The Kier molecular flexibility index (Phi) is 2.46. The number of nitrogens with two attached hydrogens (primary N) is 1. The van der Waals surface area contributed by atoms with E-state index < -0.39 is 0 Å². The fourth-order valence-corrected chi connectivity index (χ4v) is 2.86. The molecule has 0 fully saturated rings. The van der Waals surface area contributed by atoms with Crippen LogP contribution in [0, 0.1) is 5.41 Å². The molecule has 2 nitrogen and oxygen atoms in total. The van der Waals surface area contributed by atoms with Crippen molar-refractivity contribution in [3.8, 4) is 0 Å². The second kappa shape index (κ2) is 3.36. The van der Waals surface area contributed by atoms with Crippen molar-refractivity contribution in [2.24, 2.45) is 11.1 Å². The van der Waals surface area contributed by atoms with Gasteiger partial charge in [-0.15, -0.1) is 0 Å². The number of hydrogen-bond donors (Lipinski definition) is 1. The molecule has 90 valence electrons. The third kappa shape index (κ3) is 1.91. The summed E-state index contributed by atoms with van der Waals surface area (Å²) >= 11 is 0. The first-order valence-corrected chi connectivity index (χ1v) is 6.17. The van der Waals surface area contributed by atoms with Crippen LogP contribution in [0.25, 0.3) is 0 Å². The van der Waals surface area contributed by atoms with E-state index in [4.69, 9.17) is 5.73 Å². The highest BCUT2D eigenvalue weighted by Crippen LogP contribution is 2.41. The summed E-state index contributed by atoms with van der Waals surface area (Å²) in [5.41, 5.74) is 9.54. The van der Waals surface area contributed by atoms with Crippen molar-refractivity contribution < 1.29 is 0 Å². The molecule has 2 N–H and O–H groups in total. The molecular weight excluding hydrogens is 196 g/mol. The quantitative estimate of drug-likeness (QED) is 0.715. The highest BCUT2D eigenvalue weighted by Gasteiger charge is 2.33. The second-order valence-corrected chi connectivity index (χ2v) is 6.91. The molecule has 1 aliphatic rings. The SMILES string of the molecule is CC1(C)Cc2c(ccn2C(C)(C)C)C(N)C1. The minimum absolute atomic E-state index is 0.153. The summed E-state index contributed by atoms with van der Waals surface area (Å²) in [6.07, 6.45) is 4.43. The van der Waals surface area contributed by atoms with E-state index in [9.17, 15) is 0 Å². The van der Waals surface area contributed by atoms with E-state index in [1.807, 2.05) is 0 Å². The van der Waals surface area contributed by atoms with Gasteiger partial charge in [0.25, 0.3) is 0 Å². The predicted molar refractivity (Wildman–Crippen MR) is 68.5 cm³/mol. The first kappa shape index (κ1) is 11.7. The van der Waals surface area contributed by atoms with Crippen molar-refractivity contribution in [3.05, 3.63) is 23.5 Å². The number of hydrogen-bond acceptors (Lipinski definition) is 1. The van der Waals surface area contributed by atoms with Gasteiger partial charge in [0, 0.05) is 23.5 Å². The van der Waals surface area contributed by atoms with Crippen LogP contribution in [0.4, 0.5) is 0 Å². The lowest BCUT2D eigenvalue weighted by Crippen LogP contribution is -2.33. The van der Waals surface area contributed by atoms with Crippen molar-refractivity contribution in [1.29, 1.82) is 0 Å². The zero-order valence-electron chi connectivity index (χ0n) is 11.2. The van der Waals surface area contributed by atoms with Gasteiger partial charge in [-0.05, 0) is 50.7 Å². The smallest absolute Gasteiger partial charge is 0.0358 e. The van der Waals surface area contributed by atoms with Crippen LogP contribution >= 0.6 is 0 Å². The molecule has 0 spiro atoms. The summed E-state index contributed by atoms with van der Waals surface area (Å²) in [6, 6.07) is 2.42. The van der Waals surface area contributed by atoms with Gasteiger partial charge in [-0.25, -0.2) is 0 Å². The van der Waals surface area contributed by atoms with Crippen LogP contribution in [0.15, 0.2) is 12.3 Å². The molecular formula is C14H24N2. The van der Waals surface area contributed by atoms with E-state index in [1.165, 1.54) is 11.3 Å². The molecule has 0 amide bonds. The fraction of sp³-hybridized carbons (Fsp3) is 0.714. The topological polar surface area (TPSA) is 30.9 Å². The highest BCUT2D eigenvalue weighted by molar-refractivity contribution is 5.31. The minimum Gasteiger partial charge on any atom is -0.346 e. The molecule has 1 aromatic rings. The van der Waals surface area contributed by atoms with Crippen LogP contribution in [0.5, 0.6) is 0 Å². The number of aromatic nitrogens is 1. The van der Waals surface area contributed by atoms with Gasteiger partial charge in [0.15, 0.2) is 0 Å². The molecule has 0 aromatic carbocycles. The van der Waals surface area contributed by atoms with Gasteiger partial charge < -0.3 is 10.3 Å². The minimum atomic E-state index is 0.153. The Morgan fingerprint density at radius 3 is 2.56 bits per heavy atom. The van der Waals surface area contributed by atoms with Crippen LogP contribution in [-0.2, 0) is 12.0 Å². The molecule has 2 heteroatoms. The van der Waals surface area contributed by atoms with Crippen LogP contribution in [-0.4, -0.2) is 4.57 Å². The van der Waals surface area contributed by atoms with E-state index >= 15 is 0 Å². The number of nitrogens with zero attached hydrogens (tertiary/aromatic N) is 1. The van der Waals surface area contributed by atoms with Crippen molar-refractivity contribution >= 4 is 0 Å². The summed E-state index contributed by atoms with van der Waals surface area (Å²) in [5.74, 6) is 0. The molecule has 1 heterocycles. The molecule has 1 unspecified atom stereocenters. The molecule has 0 aliphatic heterocycles. The highest BCUT2D eigenvalue weighted by atomic mass is 15.0. The second-order valence-electron chi connectivity index (χ2n) is 6.91. The summed E-state index contributed by atoms with van der Waals surface area (Å²) in [4.78, 5) is 0. The first-order chi connectivity index (χ1) is 7.21. The zero-order valence-corrected chi connectivity index (χ0v) is 11.2. The maximum absolute atomic E-state index is 6.27. The fourth-order valence-electron chi connectivity index (χ4n) is 2.86. The van der Waals surface area contributed by atoms with Gasteiger partial charge >= 0.3 is 0 Å². The summed E-state index contributed by atoms with van der Waals surface area (Å²) in [6.45, 7) is 11.4. The average Bonchev–Trinajstić information content (AvgIpc) is 2.43. The Balaban J connectivity index is 2.49. The number of rotatable bonds is 0. The van der Waals surface area contributed by atoms with E-state index in [0.29, 0.717) is 5.41 Å². The van der Waals surface area contributed by atoms with Gasteiger partial charge in [0.2, 0.25) is 0 Å². The van der Waals surface area contributed by atoms with Gasteiger partial charge in [-0.2, -0.15) is 0 Å². The van der Waals surface area contributed by atoms with Crippen LogP contribution in [0.3, 0.4) is 0 Å². The van der Waals surface area contributed by atoms with E-state index in [1.54, 1.807) is 0 Å². The third-order valence-electron chi connectivity index (χ3n) is 3.57. The standard InChI is InChI=1S/C14H24N2/c1-13(2,3)16-7-6-10-11(15)8-14(4,5)9-12(10)16/h6-7,11H,8-9,15H2,1-5H3. The monoisotopic (exact) mass is 220 g/mol. The molecule has 0 saturated heterocycles. The Hall–Kier alpha value is -0.760. The lowest BCUT2D eigenvalue weighted by atomic mass is 9.74. The van der Waals surface area contributed by atoms with Crippen molar-refractivity contribution in [3.63, 3.8) is 0 Å². The van der Waals surface area contributed by atoms with Gasteiger partial charge in [0.1, 0.15) is 0 Å². The van der Waals surface area contributed by atoms with Crippen molar-refractivity contribution in [2.75, 3.05) is 0 Å². The molecule has 2 rings (SSSR count). The molecule has 16 heavy (non-hydrogen) atoms. The van der Waals surface area contributed by atoms with E-state index in [0.717, 1.165) is 12.8 Å². The van der Waals surface area contributed by atoms with Gasteiger partial charge in [-0.1, -0.05) is 13.8 Å². The molecule has 1 atom stereocenters. The zero-order chi connectivity index (χ0) is 12.1. The molecule has 0 radical (unpaired) electrons. The Morgan fingerprint density at radius 2 is 2.00 bits per heavy atom. The number of fused-ring (bicyclic) bond motifs is 1. The lowest BCUT2D eigenvalue weighted by molar-refractivity contribution is 0.263. The van der Waals surface area contributed by atoms with Gasteiger partial charge in [-0.3, -0.25) is 0 Å². The van der Waals surface area contributed by atoms with Gasteiger partial charge in [0.05, 0.1) is 0 Å². The molecule has 0 bridgehead atoms. The summed E-state index contributed by atoms with van der Waals surface area (Å²) in [7, 11) is 0. The average molecular weight is 220 g/mol. The summed E-state index contributed by atoms with van der Waals surface area (Å²) < 4.78 is 2.39. The van der Waals surface area contributed by atoms with Crippen LogP contribution in [0.1, 0.15) is 58.3 Å². The lowest BCUT2D eigenvalue weighted by Gasteiger charge is -2.36. The summed E-state index contributed by atoms with van der Waals surface area (Å²) in [5, 5.41) is 0. The largest absolute Gasteiger partial charge is 0.346 e. The normalized spacial score (nSPS) is 24.2. The maximum atomic E-state index is 6.27. The first-order valence-electron chi connectivity index (χ1n) is 6.17. The van der Waals surface area contributed by atoms with Crippen LogP contribution in [0.2, 0.25) is 0 Å². The molecule has 1 aliphatic carbocycles. The third-order valence-corrected chi connectivity index (χ3v) is 3.57. The van der Waals surface area contributed by atoms with Crippen LogP contribution < -0.4 is 5.73 Å². The molecule has 1 aromatic heterocycles. The Bertz CT molecular complexity index is 393. The Morgan fingerprint density at radius 1 is 1.38 bits per heavy atom. The Labute approximate surface area is 98.8 Å². The van der Waals surface area contributed by atoms with Crippen molar-refractivity contribution in [2.45, 2.75) is 59.0 Å². The predicted octanol–water partition coefficient (Wildman–Crippen LogP) is 3.22. The maximum Gasteiger partial charge on any atom is 0.0358 e. The molecule has 0 saturated carbocycles. The van der Waals surface area contributed by atoms with E-state index in [-0.39, 0.29) is 11.6 Å².